The number of hydrogen-bond acceptors (Lipinski definition) is 7. The SMILES string of the molecule is COc1cc2sc(C(=O)CC(C)C(=O)O)cc2c2nc(N)oc12. The van der Waals surface area contributed by atoms with Crippen LogP contribution in [0.5, 0.6) is 5.75 Å². The Labute approximate surface area is 134 Å². The molecule has 2 aromatic heterocycles. The molecule has 0 spiro atoms. The van der Waals surface area contributed by atoms with E-state index in [1.807, 2.05) is 0 Å². The van der Waals surface area contributed by atoms with Crippen molar-refractivity contribution in [3.63, 3.8) is 0 Å². The van der Waals surface area contributed by atoms with Gasteiger partial charge in [0.1, 0.15) is 5.52 Å². The molecular weight excluding hydrogens is 320 g/mol. The zero-order valence-corrected chi connectivity index (χ0v) is 13.3. The number of rotatable bonds is 5. The highest BCUT2D eigenvalue weighted by molar-refractivity contribution is 7.21. The number of hydrogen-bond donors (Lipinski definition) is 2. The number of nitrogen functional groups attached to an aromatic ring is 1. The van der Waals surface area contributed by atoms with Crippen LogP contribution >= 0.6 is 11.3 Å². The van der Waals surface area contributed by atoms with Gasteiger partial charge in [-0.15, -0.1) is 11.3 Å². The minimum Gasteiger partial charge on any atom is -0.493 e. The zero-order chi connectivity index (χ0) is 16.7. The molecule has 3 aromatic rings. The molecule has 0 bridgehead atoms. The summed E-state index contributed by atoms with van der Waals surface area (Å²) in [5.41, 5.74) is 6.56. The van der Waals surface area contributed by atoms with Crippen LogP contribution in [0.15, 0.2) is 16.5 Å². The standard InChI is InChI=1S/C15H14N2O5S/c1-6(14(19)20)3-8(18)11-4-7-10(23-11)5-9(21-2)13-12(7)17-15(16)22-13/h4-6H,3H2,1-2H3,(H2,16,17)(H,19,20). The van der Waals surface area contributed by atoms with Gasteiger partial charge in [-0.25, -0.2) is 0 Å². The number of aromatic nitrogens is 1. The van der Waals surface area contributed by atoms with E-state index in [0.29, 0.717) is 21.7 Å². The number of thiophene rings is 1. The lowest BCUT2D eigenvalue weighted by Crippen LogP contribution is -2.13. The molecule has 3 N–H and O–H groups in total. The minimum absolute atomic E-state index is 0.0179. The van der Waals surface area contributed by atoms with E-state index >= 15 is 0 Å². The maximum absolute atomic E-state index is 12.3. The molecule has 0 saturated heterocycles. The molecule has 0 fully saturated rings. The molecule has 0 saturated carbocycles. The smallest absolute Gasteiger partial charge is 0.306 e. The Morgan fingerprint density at radius 2 is 2.22 bits per heavy atom. The molecule has 0 amide bonds. The summed E-state index contributed by atoms with van der Waals surface area (Å²) in [5, 5.41) is 9.66. The number of anilines is 1. The second-order valence-electron chi connectivity index (χ2n) is 5.20. The van der Waals surface area contributed by atoms with E-state index < -0.39 is 11.9 Å². The number of ketones is 1. The summed E-state index contributed by atoms with van der Waals surface area (Å²) in [4.78, 5) is 27.8. The molecule has 0 radical (unpaired) electrons. The normalized spacial score (nSPS) is 12.6. The van der Waals surface area contributed by atoms with Crippen LogP contribution in [0.2, 0.25) is 0 Å². The Morgan fingerprint density at radius 1 is 1.48 bits per heavy atom. The van der Waals surface area contributed by atoms with E-state index in [4.69, 9.17) is 20.0 Å². The van der Waals surface area contributed by atoms with Crippen molar-refractivity contribution in [1.29, 1.82) is 0 Å². The summed E-state index contributed by atoms with van der Waals surface area (Å²) in [7, 11) is 1.51. The maximum atomic E-state index is 12.3. The molecule has 1 unspecified atom stereocenters. The van der Waals surface area contributed by atoms with Gasteiger partial charge in [0.05, 0.1) is 17.9 Å². The molecule has 0 aliphatic rings. The molecule has 2 heterocycles. The van der Waals surface area contributed by atoms with E-state index in [9.17, 15) is 9.59 Å². The number of carbonyl (C=O) groups is 2. The largest absolute Gasteiger partial charge is 0.493 e. The zero-order valence-electron chi connectivity index (χ0n) is 12.5. The van der Waals surface area contributed by atoms with Gasteiger partial charge < -0.3 is 20.0 Å². The molecule has 23 heavy (non-hydrogen) atoms. The van der Waals surface area contributed by atoms with E-state index in [1.54, 1.807) is 12.1 Å². The monoisotopic (exact) mass is 334 g/mol. The molecule has 1 aromatic carbocycles. The molecule has 120 valence electrons. The fourth-order valence-electron chi connectivity index (χ4n) is 2.32. The van der Waals surface area contributed by atoms with Crippen LogP contribution in [0, 0.1) is 5.92 Å². The number of ether oxygens (including phenoxy) is 1. The van der Waals surface area contributed by atoms with Crippen molar-refractivity contribution in [2.45, 2.75) is 13.3 Å². The quantitative estimate of drug-likeness (QED) is 0.689. The molecule has 0 aliphatic heterocycles. The van der Waals surface area contributed by atoms with Gasteiger partial charge >= 0.3 is 5.97 Å². The summed E-state index contributed by atoms with van der Waals surface area (Å²) in [6.45, 7) is 1.51. The van der Waals surface area contributed by atoms with Crippen molar-refractivity contribution in [2.24, 2.45) is 5.92 Å². The fraction of sp³-hybridized carbons (Fsp3) is 0.267. The third-order valence-electron chi connectivity index (χ3n) is 3.55. The fourth-order valence-corrected chi connectivity index (χ4v) is 3.37. The summed E-state index contributed by atoms with van der Waals surface area (Å²) >= 11 is 1.27. The van der Waals surface area contributed by atoms with Crippen molar-refractivity contribution in [3.05, 3.63) is 17.0 Å². The van der Waals surface area contributed by atoms with Gasteiger partial charge in [0.25, 0.3) is 6.01 Å². The van der Waals surface area contributed by atoms with E-state index in [-0.39, 0.29) is 18.2 Å². The third kappa shape index (κ3) is 2.61. The van der Waals surface area contributed by atoms with Gasteiger partial charge in [0, 0.05) is 22.6 Å². The molecular formula is C15H14N2O5S. The molecule has 8 heteroatoms. The van der Waals surface area contributed by atoms with Crippen LogP contribution in [0.25, 0.3) is 21.2 Å². The predicted octanol–water partition coefficient (Wildman–Crippen LogP) is 2.93. The Balaban J connectivity index is 2.10. The third-order valence-corrected chi connectivity index (χ3v) is 4.68. The Hall–Kier alpha value is -2.61. The first-order chi connectivity index (χ1) is 10.9. The Bertz CT molecular complexity index is 927. The number of carboxylic acids is 1. The lowest BCUT2D eigenvalue weighted by molar-refractivity contribution is -0.141. The number of methoxy groups -OCH3 is 1. The van der Waals surface area contributed by atoms with Crippen LogP contribution in [0.4, 0.5) is 6.01 Å². The van der Waals surface area contributed by atoms with E-state index in [1.165, 1.54) is 25.4 Å². The molecule has 0 aliphatic carbocycles. The van der Waals surface area contributed by atoms with E-state index in [0.717, 1.165) is 10.1 Å². The van der Waals surface area contributed by atoms with Crippen molar-refractivity contribution in [1.82, 2.24) is 4.98 Å². The van der Waals surface area contributed by atoms with Crippen LogP contribution in [0.3, 0.4) is 0 Å². The van der Waals surface area contributed by atoms with Crippen molar-refractivity contribution < 1.29 is 23.8 Å². The number of carboxylic acid groups (broad SMARTS) is 1. The number of fused-ring (bicyclic) bond motifs is 3. The lowest BCUT2D eigenvalue weighted by atomic mass is 10.0. The highest BCUT2D eigenvalue weighted by Gasteiger charge is 2.21. The second-order valence-corrected chi connectivity index (χ2v) is 6.28. The summed E-state index contributed by atoms with van der Waals surface area (Å²) < 4.78 is 11.4. The highest BCUT2D eigenvalue weighted by atomic mass is 32.1. The van der Waals surface area contributed by atoms with Gasteiger partial charge in [0.2, 0.25) is 0 Å². The van der Waals surface area contributed by atoms with Crippen LogP contribution < -0.4 is 10.5 Å². The highest BCUT2D eigenvalue weighted by Crippen LogP contribution is 2.38. The number of nitrogens with two attached hydrogens (primary N) is 1. The first kappa shape index (κ1) is 15.3. The number of oxazole rings is 1. The molecule has 3 rings (SSSR count). The van der Waals surface area contributed by atoms with Gasteiger partial charge in [-0.1, -0.05) is 6.92 Å². The maximum Gasteiger partial charge on any atom is 0.306 e. The van der Waals surface area contributed by atoms with Gasteiger partial charge in [0.15, 0.2) is 17.1 Å². The van der Waals surface area contributed by atoms with Crippen molar-refractivity contribution in [2.75, 3.05) is 12.8 Å². The first-order valence-corrected chi connectivity index (χ1v) is 7.65. The second kappa shape index (κ2) is 5.54. The Kier molecular flexibility index (Phi) is 3.69. The lowest BCUT2D eigenvalue weighted by Gasteiger charge is -2.02. The predicted molar refractivity (Wildman–Crippen MR) is 86.1 cm³/mol. The van der Waals surface area contributed by atoms with Gasteiger partial charge in [-0.05, 0) is 6.07 Å². The first-order valence-electron chi connectivity index (χ1n) is 6.83. The number of aliphatic carboxylic acids is 1. The number of benzene rings is 1. The number of nitrogens with zero attached hydrogens (tertiary/aromatic N) is 1. The van der Waals surface area contributed by atoms with Crippen molar-refractivity contribution >= 4 is 50.3 Å². The molecule has 7 nitrogen and oxygen atoms in total. The summed E-state index contributed by atoms with van der Waals surface area (Å²) in [5.74, 6) is -1.46. The van der Waals surface area contributed by atoms with Crippen LogP contribution in [-0.4, -0.2) is 29.0 Å². The average Bonchev–Trinajstić information content (AvgIpc) is 3.08. The van der Waals surface area contributed by atoms with Crippen LogP contribution in [-0.2, 0) is 4.79 Å². The number of Topliss-reactive ketones (excluding diaryl/α,β-unsaturated/α-hetero) is 1. The molecule has 1 atom stereocenters. The Morgan fingerprint density at radius 3 is 2.87 bits per heavy atom. The minimum atomic E-state index is -0.993. The van der Waals surface area contributed by atoms with Crippen molar-refractivity contribution in [3.8, 4) is 5.75 Å². The average molecular weight is 334 g/mol. The van der Waals surface area contributed by atoms with E-state index in [2.05, 4.69) is 4.98 Å². The number of carbonyl (C=O) groups excluding carboxylic acids is 1. The summed E-state index contributed by atoms with van der Waals surface area (Å²) in [6, 6.07) is 3.47. The van der Waals surface area contributed by atoms with Gasteiger partial charge in [-0.3, -0.25) is 9.59 Å². The summed E-state index contributed by atoms with van der Waals surface area (Å²) in [6.07, 6.45) is -0.0522. The van der Waals surface area contributed by atoms with Gasteiger partial charge in [-0.2, -0.15) is 4.98 Å². The van der Waals surface area contributed by atoms with Crippen LogP contribution in [0.1, 0.15) is 23.0 Å². The topological polar surface area (TPSA) is 116 Å².